The molecular weight excluding hydrogens is 613 g/mol. The van der Waals surface area contributed by atoms with Gasteiger partial charge < -0.3 is 9.30 Å². The molecule has 1 saturated heterocycles. The molecule has 6 rings (SSSR count). The Labute approximate surface area is 257 Å². The van der Waals surface area contributed by atoms with Crippen molar-refractivity contribution in [1.82, 2.24) is 14.6 Å². The molecule has 2 aliphatic rings. The van der Waals surface area contributed by atoms with Gasteiger partial charge in [0.25, 0.3) is 0 Å². The first kappa shape index (κ1) is 30.4. The smallest absolute Gasteiger partial charge is 0.310 e. The molecule has 0 aliphatic carbocycles. The summed E-state index contributed by atoms with van der Waals surface area (Å²) in [6, 6.07) is 16.9. The van der Waals surface area contributed by atoms with E-state index in [2.05, 4.69) is 9.98 Å². The lowest BCUT2D eigenvalue weighted by molar-refractivity contribution is -0.118. The second-order valence-corrected chi connectivity index (χ2v) is 13.4. The lowest BCUT2D eigenvalue weighted by Crippen LogP contribution is -2.50. The van der Waals surface area contributed by atoms with Crippen LogP contribution in [0.15, 0.2) is 101 Å². The Kier molecular flexibility index (Phi) is 7.07. The number of hydrogen-bond donors (Lipinski definition) is 0. The number of benzene rings is 3. The SMILES string of the molecule is COc1cc(C=C2CCCN3C2=NC(=O)CC(c2ccccc2)N3c2ccc(S(F)(F)(F)(F)F)cc2)ccc1-n1cnc(C)c1. The molecule has 0 bridgehead atoms. The van der Waals surface area contributed by atoms with Crippen molar-refractivity contribution in [1.29, 1.82) is 0 Å². The van der Waals surface area contributed by atoms with Crippen LogP contribution in [0.4, 0.5) is 25.1 Å². The maximum Gasteiger partial charge on any atom is 0.310 e. The molecule has 2 aliphatic heterocycles. The molecule has 1 aromatic heterocycles. The Balaban J connectivity index is 1.43. The highest BCUT2D eigenvalue weighted by molar-refractivity contribution is 8.45. The molecule has 236 valence electrons. The maximum atomic E-state index is 13.6. The number of rotatable bonds is 6. The van der Waals surface area contributed by atoms with Gasteiger partial charge in [-0.1, -0.05) is 55.8 Å². The van der Waals surface area contributed by atoms with E-state index in [1.165, 1.54) is 0 Å². The number of methoxy groups -OCH3 is 1. The number of piperidine rings is 1. The molecule has 0 N–H and O–H groups in total. The van der Waals surface area contributed by atoms with Crippen molar-refractivity contribution in [2.75, 3.05) is 18.7 Å². The molecule has 13 heteroatoms. The number of halogens is 5. The average molecular weight is 644 g/mol. The summed E-state index contributed by atoms with van der Waals surface area (Å²) in [5.74, 6) is 0.545. The topological polar surface area (TPSA) is 63.0 Å². The van der Waals surface area contributed by atoms with Crippen LogP contribution in [0.3, 0.4) is 0 Å². The number of carbonyl (C=O) groups excluding carboxylic acids is 1. The van der Waals surface area contributed by atoms with Crippen molar-refractivity contribution in [3.63, 3.8) is 0 Å². The Hall–Kier alpha value is -4.65. The molecule has 3 heterocycles. The molecule has 1 amide bonds. The van der Waals surface area contributed by atoms with E-state index < -0.39 is 27.1 Å². The normalized spacial score (nSPS) is 19.8. The molecule has 0 spiro atoms. The minimum absolute atomic E-state index is 0.0759. The van der Waals surface area contributed by atoms with Gasteiger partial charge in [0.1, 0.15) is 10.6 Å². The van der Waals surface area contributed by atoms with Crippen LogP contribution in [-0.2, 0) is 4.79 Å². The summed E-state index contributed by atoms with van der Waals surface area (Å²) < 4.78 is 75.4. The minimum atomic E-state index is -9.88. The lowest BCUT2D eigenvalue weighted by Gasteiger charge is -2.45. The third-order valence-electron chi connectivity index (χ3n) is 7.77. The number of amidine groups is 1. The van der Waals surface area contributed by atoms with E-state index in [4.69, 9.17) is 4.74 Å². The van der Waals surface area contributed by atoms with Crippen molar-refractivity contribution >= 4 is 33.7 Å². The van der Waals surface area contributed by atoms with Gasteiger partial charge >= 0.3 is 10.2 Å². The van der Waals surface area contributed by atoms with Gasteiger partial charge in [0.15, 0.2) is 5.84 Å². The maximum absolute atomic E-state index is 13.6. The number of ether oxygens (including phenoxy) is 1. The molecule has 4 aromatic rings. The summed E-state index contributed by atoms with van der Waals surface area (Å²) in [6.45, 7) is 2.29. The molecule has 1 unspecified atom stereocenters. The largest absolute Gasteiger partial charge is 0.495 e. The second-order valence-electron chi connectivity index (χ2n) is 11.0. The molecule has 45 heavy (non-hydrogen) atoms. The van der Waals surface area contributed by atoms with Crippen LogP contribution in [0.1, 0.15) is 42.1 Å². The molecule has 7 nitrogen and oxygen atoms in total. The van der Waals surface area contributed by atoms with Gasteiger partial charge in [0.05, 0.1) is 43.0 Å². The third-order valence-corrected chi connectivity index (χ3v) is 8.93. The van der Waals surface area contributed by atoms with Gasteiger partial charge in [-0.2, -0.15) is 4.99 Å². The van der Waals surface area contributed by atoms with E-state index in [9.17, 15) is 24.2 Å². The fourth-order valence-corrected chi connectivity index (χ4v) is 6.37. The molecular formula is C32H30F5N5O2S. The Morgan fingerprint density at radius 2 is 1.71 bits per heavy atom. The third kappa shape index (κ3) is 6.30. The van der Waals surface area contributed by atoms with Crippen LogP contribution in [0.5, 0.6) is 5.75 Å². The number of nitrogens with zero attached hydrogens (tertiary/aromatic N) is 5. The summed E-state index contributed by atoms with van der Waals surface area (Å²) in [5.41, 5.74) is 4.12. The van der Waals surface area contributed by atoms with Gasteiger partial charge in [-0.05, 0) is 78.9 Å². The van der Waals surface area contributed by atoms with Crippen molar-refractivity contribution in [3.05, 3.63) is 108 Å². The average Bonchev–Trinajstić information content (AvgIpc) is 3.36. The zero-order valence-electron chi connectivity index (χ0n) is 24.4. The van der Waals surface area contributed by atoms with Crippen molar-refractivity contribution in [2.45, 2.75) is 37.1 Å². The van der Waals surface area contributed by atoms with Crippen molar-refractivity contribution < 1.29 is 29.0 Å². The number of fused-ring (bicyclic) bond motifs is 1. The summed E-state index contributed by atoms with van der Waals surface area (Å²) in [4.78, 5) is 20.1. The van der Waals surface area contributed by atoms with E-state index in [1.807, 2.05) is 60.2 Å². The van der Waals surface area contributed by atoms with E-state index in [0.717, 1.165) is 40.2 Å². The van der Waals surface area contributed by atoms with E-state index in [1.54, 1.807) is 35.6 Å². The van der Waals surface area contributed by atoms with E-state index in [-0.39, 0.29) is 12.1 Å². The summed E-state index contributed by atoms with van der Waals surface area (Å²) in [6.07, 6.45) is 6.63. The van der Waals surface area contributed by atoms with Crippen LogP contribution >= 0.6 is 10.2 Å². The van der Waals surface area contributed by atoms with Gasteiger partial charge in [-0.15, -0.1) is 0 Å². The number of carbonyl (C=O) groups is 1. The summed E-state index contributed by atoms with van der Waals surface area (Å²) in [5, 5.41) is 3.47. The van der Waals surface area contributed by atoms with Crippen LogP contribution in [0, 0.1) is 6.92 Å². The fraction of sp³-hybridized carbons (Fsp3) is 0.219. The zero-order valence-corrected chi connectivity index (χ0v) is 25.2. The molecule has 1 atom stereocenters. The molecule has 0 saturated carbocycles. The number of aliphatic imine (C=N–C) groups is 1. The van der Waals surface area contributed by atoms with E-state index >= 15 is 0 Å². The fourth-order valence-electron chi connectivity index (χ4n) is 5.72. The highest BCUT2D eigenvalue weighted by Crippen LogP contribution is 3.02. The minimum Gasteiger partial charge on any atom is -0.495 e. The van der Waals surface area contributed by atoms with Crippen LogP contribution in [0.2, 0.25) is 0 Å². The van der Waals surface area contributed by atoms with Gasteiger partial charge in [-0.3, -0.25) is 14.8 Å². The quantitative estimate of drug-likeness (QED) is 0.197. The van der Waals surface area contributed by atoms with Crippen LogP contribution < -0.4 is 9.75 Å². The number of hydrogen-bond acceptors (Lipinski definition) is 5. The van der Waals surface area contributed by atoms with Gasteiger partial charge in [-0.25, -0.2) is 4.98 Å². The van der Waals surface area contributed by atoms with Crippen molar-refractivity contribution in [3.8, 4) is 11.4 Å². The first-order chi connectivity index (χ1) is 21.2. The Morgan fingerprint density at radius 1 is 0.978 bits per heavy atom. The standard InChI is InChI=1S/C32H30F5N5O2S/c1-22-20-40(21-38-22)28-15-10-23(18-30(28)44-2)17-25-9-6-16-41-32(25)39-31(43)19-29(24-7-4-3-5-8-24)42(41)26-11-13-27(14-12-26)45(33,34,35,36)37/h3-5,7-8,10-15,17-18,20-21,29H,6,9,16,19H2,1-2H3. The van der Waals surface area contributed by atoms with Crippen molar-refractivity contribution in [2.24, 2.45) is 4.99 Å². The highest BCUT2D eigenvalue weighted by Gasteiger charge is 2.65. The van der Waals surface area contributed by atoms with E-state index in [0.29, 0.717) is 43.1 Å². The lowest BCUT2D eigenvalue weighted by atomic mass is 10.00. The van der Waals surface area contributed by atoms with Gasteiger partial charge in [0, 0.05) is 12.7 Å². The zero-order chi connectivity index (χ0) is 32.0. The Bertz CT molecular complexity index is 1820. The number of anilines is 1. The van der Waals surface area contributed by atoms with Gasteiger partial charge in [0.2, 0.25) is 5.91 Å². The predicted molar refractivity (Wildman–Crippen MR) is 165 cm³/mol. The number of imidazole rings is 1. The first-order valence-electron chi connectivity index (χ1n) is 14.2. The second kappa shape index (κ2) is 10.5. The first-order valence-corrected chi connectivity index (χ1v) is 16.1. The number of hydrazine groups is 1. The summed E-state index contributed by atoms with van der Waals surface area (Å²) >= 11 is 0. The van der Waals surface area contributed by atoms with Crippen LogP contribution in [-0.4, -0.2) is 40.0 Å². The predicted octanol–water partition coefficient (Wildman–Crippen LogP) is 8.82. The van der Waals surface area contributed by atoms with Crippen LogP contribution in [0.25, 0.3) is 11.8 Å². The summed E-state index contributed by atoms with van der Waals surface area (Å²) in [7, 11) is -8.32. The molecule has 1 fully saturated rings. The number of aryl methyl sites for hydroxylation is 1. The highest BCUT2D eigenvalue weighted by atomic mass is 32.5. The Morgan fingerprint density at radius 3 is 2.36 bits per heavy atom. The molecule has 3 aromatic carbocycles. The molecule has 0 radical (unpaired) electrons. The number of amides is 1. The number of aromatic nitrogens is 2. The monoisotopic (exact) mass is 643 g/mol.